The van der Waals surface area contributed by atoms with E-state index in [1.807, 2.05) is 43.5 Å². The minimum atomic E-state index is -0.229. The summed E-state index contributed by atoms with van der Waals surface area (Å²) in [5.41, 5.74) is 5.13. The first-order chi connectivity index (χ1) is 10.1. The Bertz CT molecular complexity index is 668. The number of hydrogen-bond acceptors (Lipinski definition) is 3. The number of nitrogens with one attached hydrogen (secondary N) is 1. The van der Waals surface area contributed by atoms with Crippen molar-refractivity contribution < 1.29 is 4.79 Å². The summed E-state index contributed by atoms with van der Waals surface area (Å²) in [6, 6.07) is 13.4. The molecule has 0 bridgehead atoms. The molecule has 0 radical (unpaired) electrons. The highest BCUT2D eigenvalue weighted by atomic mass is 79.9. The number of hydrazone groups is 1. The molecule has 2 aromatic carbocycles. The lowest BCUT2D eigenvalue weighted by atomic mass is 10.1. The maximum absolute atomic E-state index is 11.9. The molecular weight excluding hydrogens is 348 g/mol. The van der Waals surface area contributed by atoms with Crippen molar-refractivity contribution in [1.82, 2.24) is 5.43 Å². The number of carbonyl (C=O) groups excluding carboxylic acids is 1. The minimum Gasteiger partial charge on any atom is -0.267 e. The Morgan fingerprint density at radius 3 is 2.57 bits per heavy atom. The topological polar surface area (TPSA) is 41.5 Å². The maximum Gasteiger partial charge on any atom is 0.271 e. The van der Waals surface area contributed by atoms with Crippen LogP contribution in [-0.2, 0) is 0 Å². The van der Waals surface area contributed by atoms with E-state index in [4.69, 9.17) is 0 Å². The molecule has 0 aliphatic heterocycles. The Morgan fingerprint density at radius 1 is 1.24 bits per heavy atom. The van der Waals surface area contributed by atoms with Gasteiger partial charge in [0.2, 0.25) is 0 Å². The second-order valence-corrected chi connectivity index (χ2v) is 6.17. The smallest absolute Gasteiger partial charge is 0.267 e. The summed E-state index contributed by atoms with van der Waals surface area (Å²) < 4.78 is 0.909. The van der Waals surface area contributed by atoms with E-state index in [2.05, 4.69) is 26.5 Å². The van der Waals surface area contributed by atoms with Gasteiger partial charge in [-0.25, -0.2) is 5.43 Å². The van der Waals surface area contributed by atoms with Crippen LogP contribution in [-0.4, -0.2) is 18.4 Å². The maximum atomic E-state index is 11.9. The lowest BCUT2D eigenvalue weighted by Crippen LogP contribution is -2.17. The highest BCUT2D eigenvalue weighted by Crippen LogP contribution is 2.17. The molecule has 5 heteroatoms. The van der Waals surface area contributed by atoms with Crippen molar-refractivity contribution in [2.24, 2.45) is 5.10 Å². The Kier molecular flexibility index (Phi) is 5.59. The lowest BCUT2D eigenvalue weighted by molar-refractivity contribution is 0.0955. The van der Waals surface area contributed by atoms with Crippen LogP contribution in [0.1, 0.15) is 21.5 Å². The van der Waals surface area contributed by atoms with Gasteiger partial charge in [-0.1, -0.05) is 34.1 Å². The van der Waals surface area contributed by atoms with Crippen molar-refractivity contribution in [3.05, 3.63) is 63.6 Å². The van der Waals surface area contributed by atoms with Gasteiger partial charge >= 0.3 is 0 Å². The van der Waals surface area contributed by atoms with E-state index in [1.54, 1.807) is 30.1 Å². The van der Waals surface area contributed by atoms with Gasteiger partial charge in [0.15, 0.2) is 0 Å². The molecule has 1 N–H and O–H groups in total. The van der Waals surface area contributed by atoms with Gasteiger partial charge in [-0.05, 0) is 48.6 Å². The van der Waals surface area contributed by atoms with Gasteiger partial charge in [-0.3, -0.25) is 4.79 Å². The first kappa shape index (κ1) is 15.8. The molecule has 108 valence electrons. The third-order valence-electron chi connectivity index (χ3n) is 2.93. The summed E-state index contributed by atoms with van der Waals surface area (Å²) >= 11 is 5.10. The average molecular weight is 363 g/mol. The van der Waals surface area contributed by atoms with Crippen LogP contribution in [0, 0.1) is 6.92 Å². The van der Waals surface area contributed by atoms with E-state index >= 15 is 0 Å². The fourth-order valence-electron chi connectivity index (χ4n) is 1.65. The van der Waals surface area contributed by atoms with Crippen LogP contribution < -0.4 is 5.43 Å². The van der Waals surface area contributed by atoms with Gasteiger partial charge < -0.3 is 0 Å². The first-order valence-corrected chi connectivity index (χ1v) is 8.35. The molecule has 0 saturated heterocycles. The zero-order chi connectivity index (χ0) is 15.2. The predicted octanol–water partition coefficient (Wildman–Crippen LogP) is 4.24. The highest BCUT2D eigenvalue weighted by molar-refractivity contribution is 9.10. The number of nitrogens with zero attached hydrogens (tertiary/aromatic N) is 1. The van der Waals surface area contributed by atoms with Gasteiger partial charge in [0.05, 0.1) is 6.21 Å². The van der Waals surface area contributed by atoms with Crippen LogP contribution in [0.4, 0.5) is 0 Å². The molecule has 3 nitrogen and oxygen atoms in total. The second-order valence-electron chi connectivity index (χ2n) is 4.44. The molecule has 1 amide bonds. The van der Waals surface area contributed by atoms with Crippen molar-refractivity contribution >= 4 is 39.8 Å². The summed E-state index contributed by atoms with van der Waals surface area (Å²) in [6.45, 7) is 1.97. The predicted molar refractivity (Wildman–Crippen MR) is 92.2 cm³/mol. The van der Waals surface area contributed by atoms with Gasteiger partial charge in [-0.2, -0.15) is 5.10 Å². The average Bonchev–Trinajstić information content (AvgIpc) is 2.50. The molecule has 2 rings (SSSR count). The number of carbonyl (C=O) groups is 1. The van der Waals surface area contributed by atoms with Crippen LogP contribution in [0.15, 0.2) is 56.9 Å². The van der Waals surface area contributed by atoms with E-state index in [-0.39, 0.29) is 5.91 Å². The summed E-state index contributed by atoms with van der Waals surface area (Å²) in [4.78, 5) is 13.1. The fraction of sp³-hybridized carbons (Fsp3) is 0.125. The van der Waals surface area contributed by atoms with Gasteiger partial charge in [-0.15, -0.1) is 11.8 Å². The second kappa shape index (κ2) is 7.43. The Hall–Kier alpha value is -1.59. The largest absolute Gasteiger partial charge is 0.271 e. The molecule has 0 spiro atoms. The lowest BCUT2D eigenvalue weighted by Gasteiger charge is -2.03. The van der Waals surface area contributed by atoms with Crippen molar-refractivity contribution in [1.29, 1.82) is 0 Å². The van der Waals surface area contributed by atoms with Gasteiger partial charge in [0.1, 0.15) is 0 Å². The molecular formula is C16H15BrN2OS. The number of rotatable bonds is 4. The number of hydrogen-bond donors (Lipinski definition) is 1. The van der Waals surface area contributed by atoms with E-state index < -0.39 is 0 Å². The van der Waals surface area contributed by atoms with Crippen molar-refractivity contribution in [2.45, 2.75) is 11.8 Å². The zero-order valence-corrected chi connectivity index (χ0v) is 14.2. The molecule has 2 aromatic rings. The summed E-state index contributed by atoms with van der Waals surface area (Å²) in [5.74, 6) is -0.229. The number of halogens is 1. The first-order valence-electron chi connectivity index (χ1n) is 6.34. The van der Waals surface area contributed by atoms with Crippen LogP contribution in [0.3, 0.4) is 0 Å². The molecule has 0 unspecified atom stereocenters. The zero-order valence-electron chi connectivity index (χ0n) is 11.8. The molecule has 21 heavy (non-hydrogen) atoms. The molecule has 0 aliphatic rings. The molecule has 0 fully saturated rings. The van der Waals surface area contributed by atoms with Crippen LogP contribution in [0.25, 0.3) is 0 Å². The van der Waals surface area contributed by atoms with Crippen LogP contribution in [0.5, 0.6) is 0 Å². The number of benzene rings is 2. The monoisotopic (exact) mass is 362 g/mol. The van der Waals surface area contributed by atoms with Crippen molar-refractivity contribution in [3.8, 4) is 0 Å². The van der Waals surface area contributed by atoms with E-state index in [0.29, 0.717) is 5.56 Å². The SMILES string of the molecule is CSc1ccc(C=NNC(=O)c2ccc(C)c(Br)c2)cc1. The van der Waals surface area contributed by atoms with Crippen molar-refractivity contribution in [3.63, 3.8) is 0 Å². The van der Waals surface area contributed by atoms with E-state index in [9.17, 15) is 4.79 Å². The molecule has 0 atom stereocenters. The van der Waals surface area contributed by atoms with E-state index in [1.165, 1.54) is 4.90 Å². The Morgan fingerprint density at radius 2 is 1.95 bits per heavy atom. The molecule has 0 heterocycles. The third-order valence-corrected chi connectivity index (χ3v) is 4.53. The highest BCUT2D eigenvalue weighted by Gasteiger charge is 2.05. The third kappa shape index (κ3) is 4.44. The summed E-state index contributed by atoms with van der Waals surface area (Å²) in [7, 11) is 0. The minimum absolute atomic E-state index is 0.229. The Labute approximate surface area is 137 Å². The van der Waals surface area contributed by atoms with Gasteiger partial charge in [0, 0.05) is 14.9 Å². The standard InChI is InChI=1S/C16H15BrN2OS/c1-11-3-6-13(9-15(11)17)16(20)19-18-10-12-4-7-14(21-2)8-5-12/h3-10H,1-2H3,(H,19,20). The molecule has 0 aliphatic carbocycles. The van der Waals surface area contributed by atoms with Gasteiger partial charge in [0.25, 0.3) is 5.91 Å². The van der Waals surface area contributed by atoms with E-state index in [0.717, 1.165) is 15.6 Å². The number of thioether (sulfide) groups is 1. The normalized spacial score (nSPS) is 10.8. The number of aryl methyl sites for hydroxylation is 1. The fourth-order valence-corrected chi connectivity index (χ4v) is 2.44. The molecule has 0 saturated carbocycles. The summed E-state index contributed by atoms with van der Waals surface area (Å²) in [6.07, 6.45) is 3.66. The Balaban J connectivity index is 1.99. The molecule has 0 aromatic heterocycles. The van der Waals surface area contributed by atoms with Crippen LogP contribution >= 0.6 is 27.7 Å². The summed E-state index contributed by atoms with van der Waals surface area (Å²) in [5, 5.41) is 3.98. The van der Waals surface area contributed by atoms with Crippen molar-refractivity contribution in [2.75, 3.05) is 6.26 Å². The quantitative estimate of drug-likeness (QED) is 0.501. The van der Waals surface area contributed by atoms with Crippen LogP contribution in [0.2, 0.25) is 0 Å². The number of amides is 1.